The molecule has 0 spiro atoms. The fourth-order valence-electron chi connectivity index (χ4n) is 3.21. The van der Waals surface area contributed by atoms with Gasteiger partial charge in [-0.15, -0.1) is 0 Å². The van der Waals surface area contributed by atoms with Crippen molar-refractivity contribution in [2.45, 2.75) is 32.1 Å². The second-order valence-corrected chi connectivity index (χ2v) is 5.55. The standard InChI is InChI=1S/C14H18N6.CH5N/c15-14-16-11(8-12(17-14)20-6-1-2-7-20)13-9-4-3-5-10(9)18-19-13;1-2/h8H,1-7H2,(H,18,19)(H2,15,16,17);2H2,1H3. The normalized spacial score (nSPS) is 16.4. The molecule has 0 saturated carbocycles. The van der Waals surface area contributed by atoms with Crippen molar-refractivity contribution in [1.82, 2.24) is 20.2 Å². The zero-order chi connectivity index (χ0) is 15.5. The number of nitrogens with zero attached hydrogens (tertiary/aromatic N) is 4. The van der Waals surface area contributed by atoms with E-state index in [1.165, 1.54) is 37.6 Å². The van der Waals surface area contributed by atoms with E-state index in [2.05, 4.69) is 30.8 Å². The lowest BCUT2D eigenvalue weighted by Gasteiger charge is -2.17. The van der Waals surface area contributed by atoms with Crippen LogP contribution in [-0.4, -0.2) is 40.3 Å². The molecule has 0 atom stereocenters. The molecular weight excluding hydrogens is 278 g/mol. The summed E-state index contributed by atoms with van der Waals surface area (Å²) in [5, 5.41) is 7.56. The molecule has 0 bridgehead atoms. The molecule has 2 aliphatic rings. The Hall–Kier alpha value is -2.15. The van der Waals surface area contributed by atoms with Crippen molar-refractivity contribution >= 4 is 11.8 Å². The number of hydrogen-bond donors (Lipinski definition) is 3. The molecule has 7 nitrogen and oxygen atoms in total. The fourth-order valence-corrected chi connectivity index (χ4v) is 3.21. The Morgan fingerprint density at radius 2 is 1.86 bits per heavy atom. The first-order valence-electron chi connectivity index (χ1n) is 7.85. The summed E-state index contributed by atoms with van der Waals surface area (Å²) in [6, 6.07) is 2.02. The molecule has 2 aromatic rings. The van der Waals surface area contributed by atoms with Crippen LogP contribution >= 0.6 is 0 Å². The van der Waals surface area contributed by atoms with E-state index < -0.39 is 0 Å². The third kappa shape index (κ3) is 2.64. The van der Waals surface area contributed by atoms with Crippen LogP contribution < -0.4 is 16.4 Å². The van der Waals surface area contributed by atoms with E-state index in [4.69, 9.17) is 5.73 Å². The van der Waals surface area contributed by atoms with Crippen molar-refractivity contribution in [3.63, 3.8) is 0 Å². The molecule has 1 aliphatic heterocycles. The summed E-state index contributed by atoms with van der Waals surface area (Å²) in [6.45, 7) is 2.10. The van der Waals surface area contributed by atoms with Crippen LogP contribution in [0, 0.1) is 0 Å². The van der Waals surface area contributed by atoms with Gasteiger partial charge >= 0.3 is 0 Å². The molecule has 0 amide bonds. The second-order valence-electron chi connectivity index (χ2n) is 5.55. The number of nitrogen functional groups attached to an aromatic ring is 1. The van der Waals surface area contributed by atoms with Gasteiger partial charge in [-0.3, -0.25) is 5.10 Å². The van der Waals surface area contributed by atoms with Crippen LogP contribution in [0.25, 0.3) is 11.4 Å². The molecule has 5 N–H and O–H groups in total. The summed E-state index contributed by atoms with van der Waals surface area (Å²) in [5.74, 6) is 1.26. The number of anilines is 2. The molecule has 2 aromatic heterocycles. The molecule has 4 rings (SSSR count). The van der Waals surface area contributed by atoms with E-state index in [0.29, 0.717) is 5.95 Å². The van der Waals surface area contributed by atoms with E-state index in [0.717, 1.165) is 43.1 Å². The minimum atomic E-state index is 0.333. The maximum Gasteiger partial charge on any atom is 0.222 e. The number of aromatic nitrogens is 4. The largest absolute Gasteiger partial charge is 0.368 e. The lowest BCUT2D eigenvalue weighted by molar-refractivity contribution is 0.865. The fraction of sp³-hybridized carbons (Fsp3) is 0.533. The summed E-state index contributed by atoms with van der Waals surface area (Å²) in [4.78, 5) is 11.0. The van der Waals surface area contributed by atoms with E-state index in [1.54, 1.807) is 0 Å². The lowest BCUT2D eigenvalue weighted by atomic mass is 10.1. The number of nitrogens with two attached hydrogens (primary N) is 2. The number of nitrogens with one attached hydrogen (secondary N) is 1. The minimum absolute atomic E-state index is 0.333. The summed E-state index contributed by atoms with van der Waals surface area (Å²) >= 11 is 0. The first kappa shape index (κ1) is 14.8. The van der Waals surface area contributed by atoms with Crippen molar-refractivity contribution < 1.29 is 0 Å². The first-order chi connectivity index (χ1) is 10.8. The Labute approximate surface area is 130 Å². The van der Waals surface area contributed by atoms with Crippen LogP contribution in [0.5, 0.6) is 0 Å². The topological polar surface area (TPSA) is 110 Å². The van der Waals surface area contributed by atoms with Gasteiger partial charge in [0.25, 0.3) is 0 Å². The Balaban J connectivity index is 0.000000693. The van der Waals surface area contributed by atoms with Gasteiger partial charge in [-0.25, -0.2) is 4.98 Å². The Morgan fingerprint density at radius 1 is 1.09 bits per heavy atom. The molecular formula is C15H23N7. The summed E-state index contributed by atoms with van der Waals surface area (Å²) < 4.78 is 0. The average molecular weight is 301 g/mol. The summed E-state index contributed by atoms with van der Waals surface area (Å²) in [5.41, 5.74) is 14.7. The van der Waals surface area contributed by atoms with Gasteiger partial charge in [0.15, 0.2) is 0 Å². The number of aromatic amines is 1. The third-order valence-corrected chi connectivity index (χ3v) is 4.21. The smallest absolute Gasteiger partial charge is 0.222 e. The van der Waals surface area contributed by atoms with Crippen molar-refractivity contribution in [3.05, 3.63) is 17.3 Å². The molecule has 22 heavy (non-hydrogen) atoms. The molecule has 7 heteroatoms. The van der Waals surface area contributed by atoms with Crippen LogP contribution in [0.2, 0.25) is 0 Å². The van der Waals surface area contributed by atoms with Gasteiger partial charge in [0, 0.05) is 30.4 Å². The predicted octanol–water partition coefficient (Wildman–Crippen LogP) is 1.11. The van der Waals surface area contributed by atoms with E-state index >= 15 is 0 Å². The predicted molar refractivity (Wildman–Crippen MR) is 87.6 cm³/mol. The first-order valence-corrected chi connectivity index (χ1v) is 7.85. The highest BCUT2D eigenvalue weighted by atomic mass is 15.2. The average Bonchev–Trinajstić information content (AvgIpc) is 3.26. The van der Waals surface area contributed by atoms with E-state index in [9.17, 15) is 0 Å². The van der Waals surface area contributed by atoms with Gasteiger partial charge in [0.2, 0.25) is 5.95 Å². The highest BCUT2D eigenvalue weighted by molar-refractivity contribution is 5.65. The van der Waals surface area contributed by atoms with Crippen LogP contribution in [0.1, 0.15) is 30.5 Å². The lowest BCUT2D eigenvalue weighted by Crippen LogP contribution is -2.20. The Morgan fingerprint density at radius 3 is 2.64 bits per heavy atom. The van der Waals surface area contributed by atoms with Crippen molar-refractivity contribution in [2.24, 2.45) is 5.73 Å². The zero-order valence-corrected chi connectivity index (χ0v) is 13.0. The number of fused-ring (bicyclic) bond motifs is 1. The number of H-pyrrole nitrogens is 1. The van der Waals surface area contributed by atoms with Gasteiger partial charge in [0.1, 0.15) is 11.5 Å². The van der Waals surface area contributed by atoms with Crippen LogP contribution in [0.3, 0.4) is 0 Å². The molecule has 1 saturated heterocycles. The Kier molecular flexibility index (Phi) is 4.24. The summed E-state index contributed by atoms with van der Waals surface area (Å²) in [7, 11) is 1.50. The Bertz CT molecular complexity index is 643. The van der Waals surface area contributed by atoms with Crippen molar-refractivity contribution in [3.8, 4) is 11.4 Å². The van der Waals surface area contributed by atoms with Gasteiger partial charge in [0.05, 0.1) is 5.69 Å². The second kappa shape index (κ2) is 6.31. The van der Waals surface area contributed by atoms with E-state index in [1.807, 2.05) is 6.07 Å². The number of rotatable bonds is 2. The van der Waals surface area contributed by atoms with Crippen LogP contribution in [-0.2, 0) is 12.8 Å². The van der Waals surface area contributed by atoms with Gasteiger partial charge in [-0.1, -0.05) is 0 Å². The SMILES string of the molecule is CN.Nc1nc(-c2n[nH]c3c2CCC3)cc(N2CCCC2)n1. The number of aryl methyl sites for hydroxylation is 1. The van der Waals surface area contributed by atoms with Gasteiger partial charge in [-0.05, 0) is 39.2 Å². The van der Waals surface area contributed by atoms with Gasteiger partial charge in [-0.2, -0.15) is 10.1 Å². The number of hydrogen-bond acceptors (Lipinski definition) is 6. The highest BCUT2D eigenvalue weighted by Gasteiger charge is 2.22. The zero-order valence-electron chi connectivity index (χ0n) is 13.0. The van der Waals surface area contributed by atoms with Crippen molar-refractivity contribution in [1.29, 1.82) is 0 Å². The maximum absolute atomic E-state index is 5.89. The molecule has 0 unspecified atom stereocenters. The molecule has 0 aromatic carbocycles. The van der Waals surface area contributed by atoms with E-state index in [-0.39, 0.29) is 0 Å². The molecule has 1 fully saturated rings. The summed E-state index contributed by atoms with van der Waals surface area (Å²) in [6.07, 6.45) is 5.79. The molecule has 0 radical (unpaired) electrons. The van der Waals surface area contributed by atoms with Gasteiger partial charge < -0.3 is 16.4 Å². The molecule has 1 aliphatic carbocycles. The highest BCUT2D eigenvalue weighted by Crippen LogP contribution is 2.31. The molecule has 3 heterocycles. The molecule has 118 valence electrons. The van der Waals surface area contributed by atoms with Crippen LogP contribution in [0.15, 0.2) is 6.07 Å². The van der Waals surface area contributed by atoms with Crippen LogP contribution in [0.4, 0.5) is 11.8 Å². The minimum Gasteiger partial charge on any atom is -0.368 e. The quantitative estimate of drug-likeness (QED) is 0.766. The monoisotopic (exact) mass is 301 g/mol. The third-order valence-electron chi connectivity index (χ3n) is 4.21. The maximum atomic E-state index is 5.89. The van der Waals surface area contributed by atoms with Crippen molar-refractivity contribution in [2.75, 3.05) is 30.8 Å².